The maximum Gasteiger partial charge on any atom is 0.132 e. The van der Waals surface area contributed by atoms with E-state index in [1.165, 1.54) is 12.8 Å². The van der Waals surface area contributed by atoms with Gasteiger partial charge < -0.3 is 15.2 Å². The molecule has 0 spiro atoms. The number of aliphatic hydroxyl groups excluding tert-OH is 1. The lowest BCUT2D eigenvalue weighted by molar-refractivity contribution is 0.0619. The number of rotatable bonds is 3. The molecule has 0 bridgehead atoms. The van der Waals surface area contributed by atoms with E-state index >= 15 is 0 Å². The predicted molar refractivity (Wildman–Crippen MR) is 86.8 cm³/mol. The van der Waals surface area contributed by atoms with Gasteiger partial charge in [0.05, 0.1) is 18.2 Å². The monoisotopic (exact) mass is 298 g/mol. The third-order valence-corrected chi connectivity index (χ3v) is 5.08. The van der Waals surface area contributed by atoms with Gasteiger partial charge in [-0.2, -0.15) is 0 Å². The van der Waals surface area contributed by atoms with E-state index in [-0.39, 0.29) is 6.61 Å². The normalized spacial score (nSPS) is 27.8. The van der Waals surface area contributed by atoms with Crippen LogP contribution in [0.5, 0.6) is 0 Å². The van der Waals surface area contributed by atoms with E-state index in [1.54, 1.807) is 0 Å². The molecule has 2 fully saturated rings. The molecule has 1 aliphatic carbocycles. The predicted octanol–water partition coefficient (Wildman–Crippen LogP) is 3.10. The van der Waals surface area contributed by atoms with Crippen molar-refractivity contribution in [3.8, 4) is 0 Å². The number of nitrogens with one attached hydrogen (secondary N) is 1. The summed E-state index contributed by atoms with van der Waals surface area (Å²) in [6, 6.07) is 10.5. The fraction of sp³-hybridized carbons (Fsp3) is 0.500. The molecule has 1 aromatic heterocycles. The van der Waals surface area contributed by atoms with Crippen molar-refractivity contribution in [3.05, 3.63) is 35.9 Å². The summed E-state index contributed by atoms with van der Waals surface area (Å²) in [7, 11) is 0. The Balaban J connectivity index is 1.65. The number of hydrogen-bond donors (Lipinski definition) is 2. The lowest BCUT2D eigenvalue weighted by Gasteiger charge is -2.34. The van der Waals surface area contributed by atoms with E-state index < -0.39 is 0 Å². The maximum atomic E-state index is 9.69. The minimum Gasteiger partial charge on any atom is -0.392 e. The summed E-state index contributed by atoms with van der Waals surface area (Å²) in [5, 5.41) is 14.4. The summed E-state index contributed by atoms with van der Waals surface area (Å²) in [6.45, 7) is 0.892. The lowest BCUT2D eigenvalue weighted by Crippen LogP contribution is -2.38. The topological polar surface area (TPSA) is 54.4 Å². The summed E-state index contributed by atoms with van der Waals surface area (Å²) in [5.41, 5.74) is 1.84. The molecule has 4 rings (SSSR count). The second kappa shape index (κ2) is 5.86. The second-order valence-corrected chi connectivity index (χ2v) is 6.39. The Morgan fingerprint density at radius 2 is 2.14 bits per heavy atom. The molecule has 0 amide bonds. The van der Waals surface area contributed by atoms with Crippen LogP contribution >= 0.6 is 0 Å². The van der Waals surface area contributed by atoms with Gasteiger partial charge in [0.1, 0.15) is 5.82 Å². The molecule has 0 radical (unpaired) electrons. The SMILES string of the molecule is OCc1cc2ccccc2nc1NC1CCCC2OCCC12. The molecule has 4 heteroatoms. The third-order valence-electron chi connectivity index (χ3n) is 5.08. The van der Waals surface area contributed by atoms with Crippen molar-refractivity contribution < 1.29 is 9.84 Å². The van der Waals surface area contributed by atoms with Gasteiger partial charge in [0.2, 0.25) is 0 Å². The minimum atomic E-state index is 0.0114. The Labute approximate surface area is 130 Å². The Bertz CT molecular complexity index is 673. The van der Waals surface area contributed by atoms with Crippen LogP contribution in [0.1, 0.15) is 31.2 Å². The van der Waals surface area contributed by atoms with Gasteiger partial charge in [-0.15, -0.1) is 0 Å². The van der Waals surface area contributed by atoms with Gasteiger partial charge >= 0.3 is 0 Å². The molecule has 2 heterocycles. The van der Waals surface area contributed by atoms with Crippen LogP contribution in [0.15, 0.2) is 30.3 Å². The van der Waals surface area contributed by atoms with Crippen LogP contribution in [0.2, 0.25) is 0 Å². The first-order chi connectivity index (χ1) is 10.8. The smallest absolute Gasteiger partial charge is 0.132 e. The Hall–Kier alpha value is -1.65. The fourth-order valence-electron chi connectivity index (χ4n) is 3.94. The number of pyridine rings is 1. The number of anilines is 1. The van der Waals surface area contributed by atoms with E-state index in [9.17, 15) is 5.11 Å². The maximum absolute atomic E-state index is 9.69. The Kier molecular flexibility index (Phi) is 3.72. The summed E-state index contributed by atoms with van der Waals surface area (Å²) in [5.74, 6) is 1.41. The first-order valence-corrected chi connectivity index (χ1v) is 8.23. The molecular weight excluding hydrogens is 276 g/mol. The van der Waals surface area contributed by atoms with Crippen LogP contribution in [0, 0.1) is 5.92 Å². The summed E-state index contributed by atoms with van der Waals surface area (Å²) in [4.78, 5) is 4.74. The molecule has 1 saturated carbocycles. The van der Waals surface area contributed by atoms with Crippen molar-refractivity contribution in [3.63, 3.8) is 0 Å². The van der Waals surface area contributed by atoms with Gasteiger partial charge in [-0.05, 0) is 37.8 Å². The fourth-order valence-corrected chi connectivity index (χ4v) is 3.94. The summed E-state index contributed by atoms with van der Waals surface area (Å²) >= 11 is 0. The summed E-state index contributed by atoms with van der Waals surface area (Å²) in [6.07, 6.45) is 5.07. The largest absolute Gasteiger partial charge is 0.392 e. The number of aromatic nitrogens is 1. The van der Waals surface area contributed by atoms with Crippen LogP contribution in [0.3, 0.4) is 0 Å². The average molecular weight is 298 g/mol. The molecule has 1 aromatic carbocycles. The van der Waals surface area contributed by atoms with E-state index in [2.05, 4.69) is 5.32 Å². The van der Waals surface area contributed by atoms with Crippen molar-refractivity contribution in [1.82, 2.24) is 4.98 Å². The van der Waals surface area contributed by atoms with Crippen LogP contribution in [0.25, 0.3) is 10.9 Å². The number of aliphatic hydroxyl groups is 1. The number of para-hydroxylation sites is 1. The van der Waals surface area contributed by atoms with E-state index in [1.807, 2.05) is 30.3 Å². The zero-order valence-corrected chi connectivity index (χ0v) is 12.7. The van der Waals surface area contributed by atoms with E-state index in [0.717, 1.165) is 41.7 Å². The molecule has 3 atom stereocenters. The zero-order chi connectivity index (χ0) is 14.9. The van der Waals surface area contributed by atoms with Gasteiger partial charge in [0, 0.05) is 29.5 Å². The van der Waals surface area contributed by atoms with Crippen LogP contribution in [-0.2, 0) is 11.3 Å². The number of hydrogen-bond acceptors (Lipinski definition) is 4. The number of benzene rings is 1. The molecule has 1 aliphatic heterocycles. The van der Waals surface area contributed by atoms with Crippen LogP contribution < -0.4 is 5.32 Å². The highest BCUT2D eigenvalue weighted by molar-refractivity contribution is 5.81. The van der Waals surface area contributed by atoms with Gasteiger partial charge in [-0.25, -0.2) is 4.98 Å². The lowest BCUT2D eigenvalue weighted by atomic mass is 9.82. The number of fused-ring (bicyclic) bond motifs is 2. The van der Waals surface area contributed by atoms with Gasteiger partial charge in [-0.1, -0.05) is 18.2 Å². The van der Waals surface area contributed by atoms with Gasteiger partial charge in [0.25, 0.3) is 0 Å². The molecule has 1 saturated heterocycles. The molecule has 4 nitrogen and oxygen atoms in total. The van der Waals surface area contributed by atoms with Crippen LogP contribution in [0.4, 0.5) is 5.82 Å². The molecular formula is C18H22N2O2. The number of nitrogens with zero attached hydrogens (tertiary/aromatic N) is 1. The minimum absolute atomic E-state index is 0.0114. The zero-order valence-electron chi connectivity index (χ0n) is 12.7. The molecule has 2 aliphatic rings. The van der Waals surface area contributed by atoms with Gasteiger partial charge in [0.15, 0.2) is 0 Å². The first kappa shape index (κ1) is 14.0. The molecule has 116 valence electrons. The van der Waals surface area contributed by atoms with Crippen LogP contribution in [-0.4, -0.2) is 28.8 Å². The van der Waals surface area contributed by atoms with Crippen molar-refractivity contribution >= 4 is 16.7 Å². The highest BCUT2D eigenvalue weighted by atomic mass is 16.5. The molecule has 2 aromatic rings. The standard InChI is InChI=1S/C18H22N2O2/c21-11-13-10-12-4-1-2-5-15(12)19-18(13)20-16-6-3-7-17-14(16)8-9-22-17/h1-2,4-5,10,14,16-17,21H,3,6-9,11H2,(H,19,20). The molecule has 22 heavy (non-hydrogen) atoms. The van der Waals surface area contributed by atoms with E-state index in [4.69, 9.17) is 9.72 Å². The Morgan fingerprint density at radius 3 is 3.05 bits per heavy atom. The van der Waals surface area contributed by atoms with Crippen molar-refractivity contribution in [1.29, 1.82) is 0 Å². The average Bonchev–Trinajstić information content (AvgIpc) is 3.04. The van der Waals surface area contributed by atoms with Crippen molar-refractivity contribution in [2.24, 2.45) is 5.92 Å². The Morgan fingerprint density at radius 1 is 1.23 bits per heavy atom. The highest BCUT2D eigenvalue weighted by Gasteiger charge is 2.37. The summed E-state index contributed by atoms with van der Waals surface area (Å²) < 4.78 is 5.84. The number of ether oxygens (including phenoxy) is 1. The molecule has 3 unspecified atom stereocenters. The third kappa shape index (κ3) is 2.46. The highest BCUT2D eigenvalue weighted by Crippen LogP contribution is 2.36. The second-order valence-electron chi connectivity index (χ2n) is 6.39. The van der Waals surface area contributed by atoms with Crippen molar-refractivity contribution in [2.75, 3.05) is 11.9 Å². The first-order valence-electron chi connectivity index (χ1n) is 8.23. The van der Waals surface area contributed by atoms with E-state index in [0.29, 0.717) is 18.1 Å². The van der Waals surface area contributed by atoms with Gasteiger partial charge in [-0.3, -0.25) is 0 Å². The molecule has 2 N–H and O–H groups in total. The van der Waals surface area contributed by atoms with Crippen molar-refractivity contribution in [2.45, 2.75) is 44.4 Å². The quantitative estimate of drug-likeness (QED) is 0.914.